The number of nitrogens with two attached hydrogens (primary N) is 1. The van der Waals surface area contributed by atoms with Crippen LogP contribution >= 0.6 is 0 Å². The van der Waals surface area contributed by atoms with E-state index in [9.17, 15) is 21.6 Å². The zero-order valence-corrected chi connectivity index (χ0v) is 10.7. The first kappa shape index (κ1) is 14.1. The van der Waals surface area contributed by atoms with Gasteiger partial charge in [-0.05, 0) is 30.8 Å². The lowest BCUT2D eigenvalue weighted by Gasteiger charge is -2.40. The van der Waals surface area contributed by atoms with Gasteiger partial charge in [0.1, 0.15) is 0 Å². The van der Waals surface area contributed by atoms with Gasteiger partial charge in [0.25, 0.3) is 9.84 Å². The van der Waals surface area contributed by atoms with Crippen LogP contribution in [0.25, 0.3) is 0 Å². The molecule has 0 unspecified atom stereocenters. The zero-order chi connectivity index (χ0) is 14.3. The Morgan fingerprint density at radius 3 is 2.16 bits per heavy atom. The van der Waals surface area contributed by atoms with Crippen molar-refractivity contribution in [1.82, 2.24) is 0 Å². The third-order valence-electron chi connectivity index (χ3n) is 3.11. The zero-order valence-electron chi connectivity index (χ0n) is 9.89. The smallest absolute Gasteiger partial charge is 0.371 e. The molecule has 2 rings (SSSR count). The van der Waals surface area contributed by atoms with Gasteiger partial charge in [-0.3, -0.25) is 0 Å². The highest BCUT2D eigenvalue weighted by atomic mass is 32.2. The van der Waals surface area contributed by atoms with E-state index >= 15 is 0 Å². The fourth-order valence-corrected chi connectivity index (χ4v) is 2.66. The summed E-state index contributed by atoms with van der Waals surface area (Å²) in [5.41, 5.74) is 0.904. The molecule has 0 bridgehead atoms. The van der Waals surface area contributed by atoms with Gasteiger partial charge in [-0.25, -0.2) is 8.42 Å². The second kappa shape index (κ2) is 4.68. The quantitative estimate of drug-likeness (QED) is 0.914. The van der Waals surface area contributed by atoms with Gasteiger partial charge in [-0.1, -0.05) is 0 Å². The van der Waals surface area contributed by atoms with Crippen molar-refractivity contribution in [2.45, 2.75) is 10.4 Å². The first-order valence-corrected chi connectivity index (χ1v) is 7.10. The molecule has 2 N–H and O–H groups in total. The SMILES string of the molecule is NCC1CN(c2ccc(S(=O)(=O)C(F)(F)F)cc2)C1. The molecule has 1 saturated heterocycles. The fourth-order valence-electron chi connectivity index (χ4n) is 1.90. The molecule has 1 heterocycles. The van der Waals surface area contributed by atoms with Gasteiger partial charge in [0, 0.05) is 24.7 Å². The molecule has 0 amide bonds. The number of halogens is 3. The predicted molar refractivity (Wildman–Crippen MR) is 64.4 cm³/mol. The van der Waals surface area contributed by atoms with E-state index < -0.39 is 20.2 Å². The van der Waals surface area contributed by atoms with Gasteiger partial charge in [0.2, 0.25) is 0 Å². The number of hydrogen-bond acceptors (Lipinski definition) is 4. The highest BCUT2D eigenvalue weighted by molar-refractivity contribution is 7.92. The van der Waals surface area contributed by atoms with Crippen molar-refractivity contribution in [3.63, 3.8) is 0 Å². The van der Waals surface area contributed by atoms with E-state index in [-0.39, 0.29) is 0 Å². The van der Waals surface area contributed by atoms with E-state index in [1.54, 1.807) is 0 Å². The van der Waals surface area contributed by atoms with E-state index in [0.717, 1.165) is 25.2 Å². The summed E-state index contributed by atoms with van der Waals surface area (Å²) in [6.45, 7) is 2.04. The summed E-state index contributed by atoms with van der Waals surface area (Å²) in [6, 6.07) is 4.72. The van der Waals surface area contributed by atoms with E-state index in [1.165, 1.54) is 12.1 Å². The van der Waals surface area contributed by atoms with Crippen LogP contribution in [0.15, 0.2) is 29.2 Å². The van der Waals surface area contributed by atoms with Crippen LogP contribution in [0.2, 0.25) is 0 Å². The number of alkyl halides is 3. The molecule has 0 atom stereocenters. The van der Waals surface area contributed by atoms with Crippen LogP contribution in [-0.4, -0.2) is 33.6 Å². The molecule has 1 aromatic rings. The van der Waals surface area contributed by atoms with Gasteiger partial charge >= 0.3 is 5.51 Å². The maximum absolute atomic E-state index is 12.3. The first-order valence-electron chi connectivity index (χ1n) is 5.62. The Hall–Kier alpha value is -1.28. The van der Waals surface area contributed by atoms with Crippen molar-refractivity contribution in [2.24, 2.45) is 11.7 Å². The lowest BCUT2D eigenvalue weighted by atomic mass is 10.00. The van der Waals surface area contributed by atoms with Gasteiger partial charge in [-0.2, -0.15) is 13.2 Å². The first-order chi connectivity index (χ1) is 8.75. The van der Waals surface area contributed by atoms with Crippen LogP contribution in [0.5, 0.6) is 0 Å². The monoisotopic (exact) mass is 294 g/mol. The average molecular weight is 294 g/mol. The van der Waals surface area contributed by atoms with Crippen LogP contribution in [-0.2, 0) is 9.84 Å². The summed E-state index contributed by atoms with van der Waals surface area (Å²) in [5.74, 6) is 0.388. The lowest BCUT2D eigenvalue weighted by Crippen LogP contribution is -2.49. The van der Waals surface area contributed by atoms with Gasteiger partial charge in [0.05, 0.1) is 4.90 Å². The Balaban J connectivity index is 2.16. The minimum absolute atomic E-state index is 0.388. The number of rotatable bonds is 3. The molecular formula is C11H13F3N2O2S. The topological polar surface area (TPSA) is 63.4 Å². The number of hydrogen-bond donors (Lipinski definition) is 1. The standard InChI is InChI=1S/C11H13F3N2O2S/c12-11(13,14)19(17,18)10-3-1-9(2-4-10)16-6-8(5-15)7-16/h1-4,8H,5-7,15H2. The second-order valence-corrected chi connectivity index (χ2v) is 6.39. The maximum Gasteiger partial charge on any atom is 0.501 e. The van der Waals surface area contributed by atoms with Crippen molar-refractivity contribution >= 4 is 15.5 Å². The van der Waals surface area contributed by atoms with Crippen molar-refractivity contribution in [2.75, 3.05) is 24.5 Å². The van der Waals surface area contributed by atoms with E-state index in [1.807, 2.05) is 4.90 Å². The third-order valence-corrected chi connectivity index (χ3v) is 4.61. The largest absolute Gasteiger partial charge is 0.501 e. The predicted octanol–water partition coefficient (Wildman–Crippen LogP) is 1.38. The minimum atomic E-state index is -5.27. The normalized spacial score (nSPS) is 17.4. The Morgan fingerprint density at radius 1 is 1.21 bits per heavy atom. The van der Waals surface area contributed by atoms with Gasteiger partial charge in [0.15, 0.2) is 0 Å². The molecule has 0 radical (unpaired) electrons. The third kappa shape index (κ3) is 2.55. The number of sulfone groups is 1. The van der Waals surface area contributed by atoms with E-state index in [2.05, 4.69) is 0 Å². The number of anilines is 1. The summed E-state index contributed by atoms with van der Waals surface area (Å²) < 4.78 is 59.3. The summed E-state index contributed by atoms with van der Waals surface area (Å²) in [5, 5.41) is 0. The van der Waals surface area contributed by atoms with Crippen LogP contribution in [0.1, 0.15) is 0 Å². The molecule has 106 valence electrons. The molecule has 1 aliphatic heterocycles. The Bertz CT molecular complexity index is 548. The van der Waals surface area contributed by atoms with Crippen LogP contribution in [0, 0.1) is 5.92 Å². The molecular weight excluding hydrogens is 281 g/mol. The molecule has 0 aromatic heterocycles. The Kier molecular flexibility index (Phi) is 3.48. The van der Waals surface area contributed by atoms with Crippen LogP contribution in [0.4, 0.5) is 18.9 Å². The van der Waals surface area contributed by atoms with E-state index in [0.29, 0.717) is 18.2 Å². The molecule has 1 aliphatic rings. The second-order valence-electron chi connectivity index (χ2n) is 4.45. The number of nitrogens with zero attached hydrogens (tertiary/aromatic N) is 1. The van der Waals surface area contributed by atoms with Crippen LogP contribution < -0.4 is 10.6 Å². The molecule has 1 fully saturated rings. The lowest BCUT2D eigenvalue weighted by molar-refractivity contribution is -0.0436. The molecule has 0 spiro atoms. The van der Waals surface area contributed by atoms with Gasteiger partial charge in [-0.15, -0.1) is 0 Å². The molecule has 0 saturated carbocycles. The highest BCUT2D eigenvalue weighted by Gasteiger charge is 2.46. The summed E-state index contributed by atoms with van der Waals surface area (Å²) in [6.07, 6.45) is 0. The Morgan fingerprint density at radius 2 is 1.74 bits per heavy atom. The van der Waals surface area contributed by atoms with Crippen molar-refractivity contribution in [3.8, 4) is 0 Å². The summed E-state index contributed by atoms with van der Waals surface area (Å²) in [7, 11) is -5.26. The summed E-state index contributed by atoms with van der Waals surface area (Å²) >= 11 is 0. The molecule has 19 heavy (non-hydrogen) atoms. The van der Waals surface area contributed by atoms with Gasteiger partial charge < -0.3 is 10.6 Å². The van der Waals surface area contributed by atoms with Crippen LogP contribution in [0.3, 0.4) is 0 Å². The molecule has 0 aliphatic carbocycles. The molecule has 4 nitrogen and oxygen atoms in total. The summed E-state index contributed by atoms with van der Waals surface area (Å²) in [4.78, 5) is 1.20. The minimum Gasteiger partial charge on any atom is -0.371 e. The number of benzene rings is 1. The maximum atomic E-state index is 12.3. The van der Waals surface area contributed by atoms with Crippen molar-refractivity contribution in [3.05, 3.63) is 24.3 Å². The van der Waals surface area contributed by atoms with Crippen molar-refractivity contribution < 1.29 is 21.6 Å². The van der Waals surface area contributed by atoms with Crippen molar-refractivity contribution in [1.29, 1.82) is 0 Å². The average Bonchev–Trinajstić information content (AvgIpc) is 2.27. The van der Waals surface area contributed by atoms with E-state index in [4.69, 9.17) is 5.73 Å². The molecule has 8 heteroatoms. The Labute approximate surface area is 108 Å². The highest BCUT2D eigenvalue weighted by Crippen LogP contribution is 2.32. The fraction of sp³-hybridized carbons (Fsp3) is 0.455. The molecule has 1 aromatic carbocycles.